The summed E-state index contributed by atoms with van der Waals surface area (Å²) in [5.41, 5.74) is 4.27. The van der Waals surface area contributed by atoms with E-state index in [9.17, 15) is 13.2 Å². The molecule has 0 aromatic heterocycles. The zero-order valence-electron chi connectivity index (χ0n) is 14.9. The van der Waals surface area contributed by atoms with Gasteiger partial charge in [-0.2, -0.15) is 0 Å². The molecule has 2 aromatic rings. The molecule has 0 spiro atoms. The van der Waals surface area contributed by atoms with Crippen LogP contribution < -0.4 is 14.9 Å². The van der Waals surface area contributed by atoms with E-state index in [1.54, 1.807) is 31.2 Å². The molecule has 0 fully saturated rings. The molecule has 6 nitrogen and oxygen atoms in total. The number of rotatable bonds is 5. The van der Waals surface area contributed by atoms with Crippen LogP contribution in [0.5, 0.6) is 0 Å². The van der Waals surface area contributed by atoms with E-state index in [2.05, 4.69) is 10.0 Å². The Labute approximate surface area is 153 Å². The number of benzene rings is 2. The fraction of sp³-hybridized carbons (Fsp3) is 0.211. The van der Waals surface area contributed by atoms with E-state index in [0.29, 0.717) is 22.5 Å². The number of sulfonamides is 1. The molecule has 2 N–H and O–H groups in total. The van der Waals surface area contributed by atoms with E-state index in [-0.39, 0.29) is 11.7 Å². The van der Waals surface area contributed by atoms with Crippen molar-refractivity contribution in [3.63, 3.8) is 0 Å². The average molecular weight is 371 g/mol. The lowest BCUT2D eigenvalue weighted by molar-refractivity contribution is -0.110. The number of fused-ring (bicyclic) bond motifs is 1. The summed E-state index contributed by atoms with van der Waals surface area (Å²) in [5, 5.41) is 2.81. The lowest BCUT2D eigenvalue weighted by Crippen LogP contribution is -2.14. The molecule has 2 aromatic carbocycles. The van der Waals surface area contributed by atoms with Gasteiger partial charge < -0.3 is 10.2 Å². The second kappa shape index (κ2) is 6.84. The Morgan fingerprint density at radius 2 is 1.81 bits per heavy atom. The van der Waals surface area contributed by atoms with Crippen molar-refractivity contribution in [2.24, 2.45) is 0 Å². The Bertz CT molecular complexity index is 978. The first-order valence-corrected chi connectivity index (χ1v) is 9.89. The standard InChI is InChI=1S/C19H21N3O3S/c1-4-26(24,25)21-14-7-10-18-16(12-14)17(19(23)20-18)11-13-5-8-15(9-6-13)22(2)3/h5-12,21H,4H2,1-3H3,(H,20,23). The summed E-state index contributed by atoms with van der Waals surface area (Å²) in [6.07, 6.45) is 1.80. The van der Waals surface area contributed by atoms with E-state index in [4.69, 9.17) is 0 Å². The molecule has 26 heavy (non-hydrogen) atoms. The van der Waals surface area contributed by atoms with Crippen LogP contribution in [0.3, 0.4) is 0 Å². The maximum absolute atomic E-state index is 12.3. The van der Waals surface area contributed by atoms with Gasteiger partial charge in [-0.15, -0.1) is 0 Å². The van der Waals surface area contributed by atoms with Gasteiger partial charge in [0.2, 0.25) is 10.0 Å². The van der Waals surface area contributed by atoms with Crippen molar-refractivity contribution in [1.29, 1.82) is 0 Å². The summed E-state index contributed by atoms with van der Waals surface area (Å²) < 4.78 is 26.1. The van der Waals surface area contributed by atoms with Crippen molar-refractivity contribution < 1.29 is 13.2 Å². The Morgan fingerprint density at radius 1 is 1.12 bits per heavy atom. The highest BCUT2D eigenvalue weighted by Gasteiger charge is 2.24. The van der Waals surface area contributed by atoms with E-state index in [1.165, 1.54) is 0 Å². The number of nitrogens with one attached hydrogen (secondary N) is 2. The molecule has 7 heteroatoms. The van der Waals surface area contributed by atoms with Gasteiger partial charge in [0.1, 0.15) is 0 Å². The third kappa shape index (κ3) is 3.72. The zero-order valence-corrected chi connectivity index (χ0v) is 15.7. The summed E-state index contributed by atoms with van der Waals surface area (Å²) in [4.78, 5) is 14.3. The zero-order chi connectivity index (χ0) is 18.9. The maximum atomic E-state index is 12.3. The van der Waals surface area contributed by atoms with Crippen molar-refractivity contribution >= 4 is 44.6 Å². The number of anilines is 3. The fourth-order valence-corrected chi connectivity index (χ4v) is 3.31. The Kier molecular flexibility index (Phi) is 4.73. The molecular formula is C19H21N3O3S. The van der Waals surface area contributed by atoms with Gasteiger partial charge in [0.15, 0.2) is 0 Å². The first-order chi connectivity index (χ1) is 12.3. The number of nitrogens with zero attached hydrogens (tertiary/aromatic N) is 1. The average Bonchev–Trinajstić information content (AvgIpc) is 2.90. The second-order valence-corrected chi connectivity index (χ2v) is 8.27. The van der Waals surface area contributed by atoms with Crippen LogP contribution in [0.15, 0.2) is 42.5 Å². The van der Waals surface area contributed by atoms with Gasteiger partial charge in [0.05, 0.1) is 5.75 Å². The smallest absolute Gasteiger partial charge is 0.256 e. The lowest BCUT2D eigenvalue weighted by atomic mass is 10.0. The molecule has 0 aliphatic carbocycles. The van der Waals surface area contributed by atoms with Crippen LogP contribution in [-0.4, -0.2) is 34.2 Å². The molecule has 0 atom stereocenters. The highest BCUT2D eigenvalue weighted by molar-refractivity contribution is 7.92. The topological polar surface area (TPSA) is 78.5 Å². The number of hydrogen-bond acceptors (Lipinski definition) is 4. The van der Waals surface area contributed by atoms with Crippen LogP contribution in [0, 0.1) is 0 Å². The van der Waals surface area contributed by atoms with Crippen LogP contribution in [0.2, 0.25) is 0 Å². The highest BCUT2D eigenvalue weighted by Crippen LogP contribution is 2.35. The van der Waals surface area contributed by atoms with Crippen molar-refractivity contribution in [1.82, 2.24) is 0 Å². The molecule has 0 bridgehead atoms. The van der Waals surface area contributed by atoms with Gasteiger partial charge in [-0.25, -0.2) is 8.42 Å². The first-order valence-electron chi connectivity index (χ1n) is 8.24. The van der Waals surface area contributed by atoms with Gasteiger partial charge >= 0.3 is 0 Å². The van der Waals surface area contributed by atoms with E-state index in [0.717, 1.165) is 11.3 Å². The van der Waals surface area contributed by atoms with Crippen molar-refractivity contribution in [3.05, 3.63) is 53.6 Å². The van der Waals surface area contributed by atoms with E-state index < -0.39 is 10.0 Å². The lowest BCUT2D eigenvalue weighted by Gasteiger charge is -2.12. The van der Waals surface area contributed by atoms with Crippen LogP contribution >= 0.6 is 0 Å². The monoisotopic (exact) mass is 371 g/mol. The Hall–Kier alpha value is -2.80. The van der Waals surface area contributed by atoms with Gasteiger partial charge in [0, 0.05) is 42.3 Å². The van der Waals surface area contributed by atoms with Gasteiger partial charge in [-0.05, 0) is 48.9 Å². The van der Waals surface area contributed by atoms with Crippen LogP contribution in [0.1, 0.15) is 18.1 Å². The van der Waals surface area contributed by atoms with Crippen molar-refractivity contribution in [2.45, 2.75) is 6.92 Å². The van der Waals surface area contributed by atoms with E-state index in [1.807, 2.05) is 43.3 Å². The summed E-state index contributed by atoms with van der Waals surface area (Å²) >= 11 is 0. The molecule has 1 aliphatic rings. The normalized spacial score (nSPS) is 14.9. The number of carbonyl (C=O) groups excluding carboxylic acids is 1. The molecular weight excluding hydrogens is 350 g/mol. The molecule has 0 saturated carbocycles. The maximum Gasteiger partial charge on any atom is 0.256 e. The number of carbonyl (C=O) groups is 1. The Morgan fingerprint density at radius 3 is 2.42 bits per heavy atom. The predicted molar refractivity (Wildman–Crippen MR) is 107 cm³/mol. The van der Waals surface area contributed by atoms with Crippen molar-refractivity contribution in [3.8, 4) is 0 Å². The third-order valence-corrected chi connectivity index (χ3v) is 5.48. The highest BCUT2D eigenvalue weighted by atomic mass is 32.2. The molecule has 1 heterocycles. The minimum Gasteiger partial charge on any atom is -0.378 e. The summed E-state index contributed by atoms with van der Waals surface area (Å²) in [6.45, 7) is 1.57. The molecule has 1 amide bonds. The third-order valence-electron chi connectivity index (χ3n) is 4.18. The second-order valence-electron chi connectivity index (χ2n) is 6.26. The summed E-state index contributed by atoms with van der Waals surface area (Å²) in [5.74, 6) is -0.213. The largest absolute Gasteiger partial charge is 0.378 e. The number of hydrogen-bond donors (Lipinski definition) is 2. The molecule has 136 valence electrons. The van der Waals surface area contributed by atoms with E-state index >= 15 is 0 Å². The molecule has 3 rings (SSSR count). The van der Waals surface area contributed by atoms with Crippen LogP contribution in [0.4, 0.5) is 17.1 Å². The molecule has 0 radical (unpaired) electrons. The van der Waals surface area contributed by atoms with Crippen LogP contribution in [-0.2, 0) is 14.8 Å². The van der Waals surface area contributed by atoms with Gasteiger partial charge in [-0.3, -0.25) is 9.52 Å². The van der Waals surface area contributed by atoms with Gasteiger partial charge in [-0.1, -0.05) is 12.1 Å². The fourth-order valence-electron chi connectivity index (χ4n) is 2.68. The quantitative estimate of drug-likeness (QED) is 0.792. The first kappa shape index (κ1) is 18.0. The Balaban J connectivity index is 1.96. The van der Waals surface area contributed by atoms with Gasteiger partial charge in [0.25, 0.3) is 5.91 Å². The van der Waals surface area contributed by atoms with Crippen LogP contribution in [0.25, 0.3) is 11.6 Å². The molecule has 0 saturated heterocycles. The minimum absolute atomic E-state index is 0.0117. The number of amides is 1. The van der Waals surface area contributed by atoms with Crippen molar-refractivity contribution in [2.75, 3.05) is 34.8 Å². The predicted octanol–water partition coefficient (Wildman–Crippen LogP) is 3.01. The minimum atomic E-state index is -3.37. The summed E-state index contributed by atoms with van der Waals surface area (Å²) in [7, 11) is 0.558. The molecule has 0 unspecified atom stereocenters. The molecule has 1 aliphatic heterocycles. The SMILES string of the molecule is CCS(=O)(=O)Nc1ccc2c(c1)C(=Cc1ccc(N(C)C)cc1)C(=O)N2. The summed E-state index contributed by atoms with van der Waals surface area (Å²) in [6, 6.07) is 12.9.